The van der Waals surface area contributed by atoms with E-state index < -0.39 is 0 Å². The van der Waals surface area contributed by atoms with Crippen LogP contribution in [0.5, 0.6) is 0 Å². The van der Waals surface area contributed by atoms with Crippen molar-refractivity contribution >= 4 is 5.91 Å². The molecular formula is C16H24FNO. The average Bonchev–Trinajstić information content (AvgIpc) is 2.42. The zero-order valence-electron chi connectivity index (χ0n) is 11.9. The molecule has 0 aliphatic heterocycles. The van der Waals surface area contributed by atoms with Crippen molar-refractivity contribution in [1.29, 1.82) is 0 Å². The van der Waals surface area contributed by atoms with Crippen molar-refractivity contribution in [3.8, 4) is 0 Å². The Bertz CT molecular complexity index is 375. The normalized spacial score (nSPS) is 12.2. The van der Waals surface area contributed by atoms with E-state index in [-0.39, 0.29) is 11.7 Å². The Balaban J connectivity index is 2.32. The molecule has 0 saturated heterocycles. The van der Waals surface area contributed by atoms with Gasteiger partial charge in [0.05, 0.1) is 6.42 Å². The summed E-state index contributed by atoms with van der Waals surface area (Å²) in [7, 11) is 0. The third-order valence-electron chi connectivity index (χ3n) is 3.41. The number of rotatable bonds is 8. The Kier molecular flexibility index (Phi) is 7.16. The zero-order valence-corrected chi connectivity index (χ0v) is 11.9. The Hall–Kier alpha value is -1.38. The first-order valence-corrected chi connectivity index (χ1v) is 7.16. The summed E-state index contributed by atoms with van der Waals surface area (Å²) in [6.07, 6.45) is 5.00. The van der Waals surface area contributed by atoms with E-state index in [1.54, 1.807) is 12.1 Å². The lowest BCUT2D eigenvalue weighted by molar-refractivity contribution is -0.120. The number of hydrogen-bond acceptors (Lipinski definition) is 1. The second kappa shape index (κ2) is 8.68. The lowest BCUT2D eigenvalue weighted by Gasteiger charge is -2.15. The van der Waals surface area contributed by atoms with Gasteiger partial charge in [0, 0.05) is 6.54 Å². The maximum Gasteiger partial charge on any atom is 0.224 e. The van der Waals surface area contributed by atoms with Crippen LogP contribution in [-0.2, 0) is 11.2 Å². The molecule has 1 aromatic carbocycles. The number of amides is 1. The summed E-state index contributed by atoms with van der Waals surface area (Å²) in [6, 6.07) is 6.09. The highest BCUT2D eigenvalue weighted by Gasteiger charge is 2.08. The standard InChI is InChI=1S/C16H24FNO/c1-3-5-6-13(4-2)12-18-16(19)11-14-7-9-15(17)10-8-14/h7-10,13H,3-6,11-12H2,1-2H3,(H,18,19). The molecule has 0 bridgehead atoms. The quantitative estimate of drug-likeness (QED) is 0.763. The Labute approximate surface area is 115 Å². The van der Waals surface area contributed by atoms with Crippen molar-refractivity contribution < 1.29 is 9.18 Å². The van der Waals surface area contributed by atoms with Crippen LogP contribution in [0.4, 0.5) is 4.39 Å². The summed E-state index contributed by atoms with van der Waals surface area (Å²) in [5, 5.41) is 2.97. The smallest absolute Gasteiger partial charge is 0.224 e. The fourth-order valence-corrected chi connectivity index (χ4v) is 2.05. The first kappa shape index (κ1) is 15.7. The molecule has 1 unspecified atom stereocenters. The van der Waals surface area contributed by atoms with Gasteiger partial charge >= 0.3 is 0 Å². The molecule has 19 heavy (non-hydrogen) atoms. The molecule has 0 radical (unpaired) electrons. The van der Waals surface area contributed by atoms with Crippen molar-refractivity contribution in [2.24, 2.45) is 5.92 Å². The zero-order chi connectivity index (χ0) is 14.1. The van der Waals surface area contributed by atoms with Gasteiger partial charge in [-0.15, -0.1) is 0 Å². The van der Waals surface area contributed by atoms with E-state index in [9.17, 15) is 9.18 Å². The van der Waals surface area contributed by atoms with Crippen molar-refractivity contribution in [3.05, 3.63) is 35.6 Å². The van der Waals surface area contributed by atoms with Crippen molar-refractivity contribution in [2.45, 2.75) is 46.0 Å². The molecule has 1 rings (SSSR count). The summed E-state index contributed by atoms with van der Waals surface area (Å²) < 4.78 is 12.7. The molecule has 0 aliphatic rings. The topological polar surface area (TPSA) is 29.1 Å². The predicted molar refractivity (Wildman–Crippen MR) is 76.4 cm³/mol. The van der Waals surface area contributed by atoms with Gasteiger partial charge in [0.25, 0.3) is 0 Å². The Morgan fingerprint density at radius 3 is 2.53 bits per heavy atom. The van der Waals surface area contributed by atoms with Crippen molar-refractivity contribution in [1.82, 2.24) is 5.32 Å². The maximum absolute atomic E-state index is 12.7. The fourth-order valence-electron chi connectivity index (χ4n) is 2.05. The fraction of sp³-hybridized carbons (Fsp3) is 0.562. The molecule has 2 nitrogen and oxygen atoms in total. The van der Waals surface area contributed by atoms with Gasteiger partial charge in [-0.2, -0.15) is 0 Å². The second-order valence-corrected chi connectivity index (χ2v) is 5.02. The monoisotopic (exact) mass is 265 g/mol. The van der Waals surface area contributed by atoms with Gasteiger partial charge in [0.1, 0.15) is 5.82 Å². The highest BCUT2D eigenvalue weighted by Crippen LogP contribution is 2.11. The molecule has 1 amide bonds. The average molecular weight is 265 g/mol. The van der Waals surface area contributed by atoms with Crippen LogP contribution in [0, 0.1) is 11.7 Å². The Morgan fingerprint density at radius 2 is 1.95 bits per heavy atom. The summed E-state index contributed by atoms with van der Waals surface area (Å²) in [5.41, 5.74) is 0.848. The van der Waals surface area contributed by atoms with E-state index in [1.807, 2.05) is 0 Å². The molecule has 0 aromatic heterocycles. The van der Waals surface area contributed by atoms with E-state index >= 15 is 0 Å². The molecule has 0 spiro atoms. The van der Waals surface area contributed by atoms with Gasteiger partial charge < -0.3 is 5.32 Å². The highest BCUT2D eigenvalue weighted by atomic mass is 19.1. The van der Waals surface area contributed by atoms with Crippen LogP contribution in [0.3, 0.4) is 0 Å². The van der Waals surface area contributed by atoms with Crippen molar-refractivity contribution in [2.75, 3.05) is 6.54 Å². The molecule has 0 saturated carbocycles. The number of hydrogen-bond donors (Lipinski definition) is 1. The SMILES string of the molecule is CCCCC(CC)CNC(=O)Cc1ccc(F)cc1. The third kappa shape index (κ3) is 6.37. The highest BCUT2D eigenvalue weighted by molar-refractivity contribution is 5.78. The van der Waals surface area contributed by atoms with Crippen LogP contribution in [0.1, 0.15) is 45.1 Å². The van der Waals surface area contributed by atoms with Gasteiger partial charge in [0.2, 0.25) is 5.91 Å². The van der Waals surface area contributed by atoms with E-state index in [2.05, 4.69) is 19.2 Å². The van der Waals surface area contributed by atoms with Gasteiger partial charge in [-0.1, -0.05) is 45.2 Å². The van der Waals surface area contributed by atoms with Crippen LogP contribution in [-0.4, -0.2) is 12.5 Å². The lowest BCUT2D eigenvalue weighted by atomic mass is 9.99. The minimum atomic E-state index is -0.269. The molecule has 0 aliphatic carbocycles. The molecule has 1 aromatic rings. The van der Waals surface area contributed by atoms with E-state index in [0.717, 1.165) is 18.5 Å². The third-order valence-corrected chi connectivity index (χ3v) is 3.41. The van der Waals surface area contributed by atoms with E-state index in [0.29, 0.717) is 12.3 Å². The molecule has 0 fully saturated rings. The van der Waals surface area contributed by atoms with Crippen LogP contribution < -0.4 is 5.32 Å². The summed E-state index contributed by atoms with van der Waals surface area (Å²) in [6.45, 7) is 5.09. The first-order valence-electron chi connectivity index (χ1n) is 7.16. The van der Waals surface area contributed by atoms with Gasteiger partial charge in [0.15, 0.2) is 0 Å². The minimum absolute atomic E-state index is 0.0153. The van der Waals surface area contributed by atoms with Crippen LogP contribution in [0.2, 0.25) is 0 Å². The van der Waals surface area contributed by atoms with E-state index in [4.69, 9.17) is 0 Å². The van der Waals surface area contributed by atoms with Gasteiger partial charge in [-0.25, -0.2) is 4.39 Å². The molecule has 1 N–H and O–H groups in total. The number of halogens is 1. The number of unbranched alkanes of at least 4 members (excludes halogenated alkanes) is 1. The second-order valence-electron chi connectivity index (χ2n) is 5.02. The number of benzene rings is 1. The molecule has 0 heterocycles. The molecule has 1 atom stereocenters. The summed E-state index contributed by atoms with van der Waals surface area (Å²) >= 11 is 0. The molecule has 3 heteroatoms. The number of carbonyl (C=O) groups is 1. The van der Waals surface area contributed by atoms with Crippen LogP contribution in [0.15, 0.2) is 24.3 Å². The maximum atomic E-state index is 12.7. The largest absolute Gasteiger partial charge is 0.356 e. The number of nitrogens with one attached hydrogen (secondary N) is 1. The predicted octanol–water partition coefficient (Wildman–Crippen LogP) is 3.70. The van der Waals surface area contributed by atoms with Crippen LogP contribution in [0.25, 0.3) is 0 Å². The van der Waals surface area contributed by atoms with Crippen molar-refractivity contribution in [3.63, 3.8) is 0 Å². The lowest BCUT2D eigenvalue weighted by Crippen LogP contribution is -2.30. The van der Waals surface area contributed by atoms with E-state index in [1.165, 1.54) is 31.4 Å². The minimum Gasteiger partial charge on any atom is -0.356 e. The molecular weight excluding hydrogens is 241 g/mol. The first-order chi connectivity index (χ1) is 9.15. The van der Waals surface area contributed by atoms with Gasteiger partial charge in [-0.3, -0.25) is 4.79 Å². The van der Waals surface area contributed by atoms with Crippen LogP contribution >= 0.6 is 0 Å². The molecule has 106 valence electrons. The summed E-state index contributed by atoms with van der Waals surface area (Å²) in [5.74, 6) is 0.313. The number of carbonyl (C=O) groups excluding carboxylic acids is 1. The summed E-state index contributed by atoms with van der Waals surface area (Å²) in [4.78, 5) is 11.8. The Morgan fingerprint density at radius 1 is 1.26 bits per heavy atom. The van der Waals surface area contributed by atoms with Gasteiger partial charge in [-0.05, 0) is 30.0 Å².